The Morgan fingerprint density at radius 2 is 1.78 bits per heavy atom. The van der Waals surface area contributed by atoms with Crippen molar-refractivity contribution in [3.8, 4) is 5.75 Å². The third-order valence-electron chi connectivity index (χ3n) is 6.33. The third-order valence-corrected chi connectivity index (χ3v) is 6.33. The molecule has 1 N–H and O–H groups in total. The van der Waals surface area contributed by atoms with Gasteiger partial charge < -0.3 is 19.7 Å². The number of aromatic nitrogens is 3. The van der Waals surface area contributed by atoms with Gasteiger partial charge in [0.2, 0.25) is 11.8 Å². The predicted molar refractivity (Wildman–Crippen MR) is 143 cm³/mol. The van der Waals surface area contributed by atoms with Crippen LogP contribution in [-0.2, 0) is 20.9 Å². The van der Waals surface area contributed by atoms with Crippen LogP contribution >= 0.6 is 0 Å². The monoisotopic (exact) mass is 509 g/mol. The summed E-state index contributed by atoms with van der Waals surface area (Å²) >= 11 is 0. The van der Waals surface area contributed by atoms with Crippen molar-refractivity contribution in [3.63, 3.8) is 0 Å². The Balaban J connectivity index is 1.97. The standard InChI is InChI=1S/C28H39N5O4/c1-6-28(4,5)29-27(35)26(21-14-16-22(17-15-21)37-8-3)32(18-11-19-36-7-2)25(34)20-33-24-13-10-9-12-23(24)30-31-33/h9-10,12-17,26H,6-8,11,18-20H2,1-5H3,(H,29,35). The largest absolute Gasteiger partial charge is 0.494 e. The highest BCUT2D eigenvalue weighted by atomic mass is 16.5. The molecule has 0 aliphatic heterocycles. The van der Waals surface area contributed by atoms with Crippen molar-refractivity contribution in [2.24, 2.45) is 0 Å². The molecule has 0 bridgehead atoms. The molecule has 1 aromatic heterocycles. The molecule has 0 saturated heterocycles. The van der Waals surface area contributed by atoms with Crippen LogP contribution in [0.25, 0.3) is 11.0 Å². The van der Waals surface area contributed by atoms with Gasteiger partial charge in [0.05, 0.1) is 12.1 Å². The topological polar surface area (TPSA) is 98.6 Å². The molecule has 0 spiro atoms. The van der Waals surface area contributed by atoms with E-state index in [9.17, 15) is 9.59 Å². The average Bonchev–Trinajstić information content (AvgIpc) is 3.29. The van der Waals surface area contributed by atoms with Crippen LogP contribution in [0, 0.1) is 0 Å². The van der Waals surface area contributed by atoms with Gasteiger partial charge in [0.15, 0.2) is 0 Å². The second-order valence-corrected chi connectivity index (χ2v) is 9.50. The Morgan fingerprint density at radius 3 is 2.46 bits per heavy atom. The summed E-state index contributed by atoms with van der Waals surface area (Å²) in [7, 11) is 0. The van der Waals surface area contributed by atoms with E-state index in [0.717, 1.165) is 11.9 Å². The van der Waals surface area contributed by atoms with Crippen LogP contribution in [-0.4, -0.2) is 63.6 Å². The first-order valence-corrected chi connectivity index (χ1v) is 13.0. The van der Waals surface area contributed by atoms with Gasteiger partial charge in [0, 0.05) is 25.3 Å². The summed E-state index contributed by atoms with van der Waals surface area (Å²) in [6, 6.07) is 14.0. The molecule has 0 radical (unpaired) electrons. The van der Waals surface area contributed by atoms with E-state index in [-0.39, 0.29) is 18.4 Å². The smallest absolute Gasteiger partial charge is 0.247 e. The molecule has 2 amide bonds. The lowest BCUT2D eigenvalue weighted by molar-refractivity contribution is -0.142. The number of ether oxygens (including phenoxy) is 2. The Bertz CT molecular complexity index is 1160. The molecular weight excluding hydrogens is 470 g/mol. The third kappa shape index (κ3) is 7.52. The van der Waals surface area contributed by atoms with E-state index in [1.54, 1.807) is 9.58 Å². The number of benzene rings is 2. The van der Waals surface area contributed by atoms with Gasteiger partial charge in [0.25, 0.3) is 0 Å². The summed E-state index contributed by atoms with van der Waals surface area (Å²) in [5, 5.41) is 11.5. The van der Waals surface area contributed by atoms with Crippen molar-refractivity contribution in [3.05, 3.63) is 54.1 Å². The lowest BCUT2D eigenvalue weighted by atomic mass is 9.98. The fourth-order valence-electron chi connectivity index (χ4n) is 4.01. The summed E-state index contributed by atoms with van der Waals surface area (Å²) in [5.74, 6) is 0.252. The molecule has 9 heteroatoms. The number of carbonyl (C=O) groups is 2. The SMILES string of the molecule is CCOCCCN(C(=O)Cn1nnc2ccccc21)C(C(=O)NC(C)(C)CC)c1ccc(OCC)cc1. The lowest BCUT2D eigenvalue weighted by Crippen LogP contribution is -2.51. The van der Waals surface area contributed by atoms with Gasteiger partial charge in [0.1, 0.15) is 23.9 Å². The van der Waals surface area contributed by atoms with Crippen LogP contribution < -0.4 is 10.1 Å². The molecule has 0 fully saturated rings. The number of amides is 2. The Kier molecular flexibility index (Phi) is 10.0. The zero-order valence-electron chi connectivity index (χ0n) is 22.6. The molecule has 37 heavy (non-hydrogen) atoms. The Morgan fingerprint density at radius 1 is 1.05 bits per heavy atom. The fourth-order valence-corrected chi connectivity index (χ4v) is 4.01. The zero-order valence-corrected chi connectivity index (χ0v) is 22.6. The van der Waals surface area contributed by atoms with Gasteiger partial charge in [-0.25, -0.2) is 4.68 Å². The summed E-state index contributed by atoms with van der Waals surface area (Å²) in [6.45, 7) is 11.8. The maximum atomic E-state index is 13.8. The number of fused-ring (bicyclic) bond motifs is 1. The van der Waals surface area contributed by atoms with Gasteiger partial charge in [-0.15, -0.1) is 5.10 Å². The molecule has 0 saturated carbocycles. The first kappa shape index (κ1) is 28.1. The molecular formula is C28H39N5O4. The van der Waals surface area contributed by atoms with E-state index < -0.39 is 11.6 Å². The fraction of sp³-hybridized carbons (Fsp3) is 0.500. The maximum Gasteiger partial charge on any atom is 0.247 e. The number of hydrogen-bond acceptors (Lipinski definition) is 6. The van der Waals surface area contributed by atoms with Crippen LogP contribution in [0.3, 0.4) is 0 Å². The van der Waals surface area contributed by atoms with Crippen molar-refractivity contribution in [2.45, 2.75) is 65.6 Å². The van der Waals surface area contributed by atoms with Crippen LogP contribution in [0.4, 0.5) is 0 Å². The quantitative estimate of drug-likeness (QED) is 0.328. The van der Waals surface area contributed by atoms with E-state index in [2.05, 4.69) is 15.6 Å². The summed E-state index contributed by atoms with van der Waals surface area (Å²) in [4.78, 5) is 29.2. The Labute approximate surface area is 219 Å². The van der Waals surface area contributed by atoms with Gasteiger partial charge in [-0.3, -0.25) is 9.59 Å². The molecule has 0 aliphatic rings. The molecule has 1 atom stereocenters. The van der Waals surface area contributed by atoms with Crippen molar-refractivity contribution < 1.29 is 19.1 Å². The predicted octanol–water partition coefficient (Wildman–Crippen LogP) is 4.13. The van der Waals surface area contributed by atoms with Crippen LogP contribution in [0.2, 0.25) is 0 Å². The number of rotatable bonds is 14. The number of para-hydroxylation sites is 1. The molecule has 9 nitrogen and oxygen atoms in total. The molecule has 3 aromatic rings. The van der Waals surface area contributed by atoms with Gasteiger partial charge in [-0.05, 0) is 70.4 Å². The molecule has 0 aliphatic carbocycles. The molecule has 200 valence electrons. The zero-order chi connectivity index (χ0) is 26.8. The first-order valence-electron chi connectivity index (χ1n) is 13.0. The van der Waals surface area contributed by atoms with E-state index >= 15 is 0 Å². The van der Waals surface area contributed by atoms with Crippen LogP contribution in [0.1, 0.15) is 59.1 Å². The van der Waals surface area contributed by atoms with E-state index in [0.29, 0.717) is 49.6 Å². The maximum absolute atomic E-state index is 13.8. The van der Waals surface area contributed by atoms with Gasteiger partial charge in [-0.2, -0.15) is 0 Å². The highest BCUT2D eigenvalue weighted by Crippen LogP contribution is 2.26. The second kappa shape index (κ2) is 13.2. The van der Waals surface area contributed by atoms with Gasteiger partial charge in [-0.1, -0.05) is 36.4 Å². The van der Waals surface area contributed by atoms with Crippen molar-refractivity contribution in [1.29, 1.82) is 0 Å². The highest BCUT2D eigenvalue weighted by molar-refractivity contribution is 5.89. The first-order chi connectivity index (χ1) is 17.8. The van der Waals surface area contributed by atoms with Crippen molar-refractivity contribution in [1.82, 2.24) is 25.2 Å². The summed E-state index contributed by atoms with van der Waals surface area (Å²) in [6.07, 6.45) is 1.34. The van der Waals surface area contributed by atoms with Crippen molar-refractivity contribution in [2.75, 3.05) is 26.4 Å². The number of nitrogens with zero attached hydrogens (tertiary/aromatic N) is 4. The normalized spacial score (nSPS) is 12.4. The summed E-state index contributed by atoms with van der Waals surface area (Å²) < 4.78 is 12.7. The van der Waals surface area contributed by atoms with Crippen LogP contribution in [0.5, 0.6) is 5.75 Å². The molecule has 3 rings (SSSR count). The van der Waals surface area contributed by atoms with E-state index in [1.165, 1.54) is 0 Å². The van der Waals surface area contributed by atoms with E-state index in [4.69, 9.17) is 9.47 Å². The molecule has 1 unspecified atom stereocenters. The van der Waals surface area contributed by atoms with Crippen molar-refractivity contribution >= 4 is 22.8 Å². The number of nitrogens with one attached hydrogen (secondary N) is 1. The highest BCUT2D eigenvalue weighted by Gasteiger charge is 2.34. The number of hydrogen-bond donors (Lipinski definition) is 1. The lowest BCUT2D eigenvalue weighted by Gasteiger charge is -2.34. The minimum absolute atomic E-state index is 0.0346. The van der Waals surface area contributed by atoms with Crippen LogP contribution in [0.15, 0.2) is 48.5 Å². The number of carbonyl (C=O) groups excluding carboxylic acids is 2. The second-order valence-electron chi connectivity index (χ2n) is 9.50. The summed E-state index contributed by atoms with van der Waals surface area (Å²) in [5.41, 5.74) is 1.76. The molecule has 2 aromatic carbocycles. The molecule has 1 heterocycles. The average molecular weight is 510 g/mol. The minimum atomic E-state index is -0.828. The Hall–Kier alpha value is -3.46. The van der Waals surface area contributed by atoms with Gasteiger partial charge >= 0.3 is 0 Å². The van der Waals surface area contributed by atoms with E-state index in [1.807, 2.05) is 83.1 Å². The minimum Gasteiger partial charge on any atom is -0.494 e.